The molecule has 15 heavy (non-hydrogen) atoms. The fourth-order valence-corrected chi connectivity index (χ4v) is 4.03. The van der Waals surface area contributed by atoms with Gasteiger partial charge < -0.3 is 5.11 Å². The van der Waals surface area contributed by atoms with E-state index in [0.717, 1.165) is 18.3 Å². The summed E-state index contributed by atoms with van der Waals surface area (Å²) in [6.07, 6.45) is 4.89. The molecule has 3 unspecified atom stereocenters. The Bertz CT molecular complexity index is 347. The number of fused-ring (bicyclic) bond motifs is 1. The van der Waals surface area contributed by atoms with Gasteiger partial charge in [0.1, 0.15) is 0 Å². The number of aliphatic hydroxyl groups is 1. The highest BCUT2D eigenvalue weighted by Gasteiger charge is 2.47. The van der Waals surface area contributed by atoms with E-state index in [1.165, 1.54) is 29.0 Å². The largest absolute Gasteiger partial charge is 0.387 e. The molecule has 82 valence electrons. The lowest BCUT2D eigenvalue weighted by atomic mass is 9.96. The first-order chi connectivity index (χ1) is 7.28. The number of rotatable bonds is 3. The van der Waals surface area contributed by atoms with Crippen LogP contribution in [0.3, 0.4) is 0 Å². The standard InChI is InChI=1S/C13H18OS/c1-2-11-3-4-12(15-11)13(14)10-6-8-5-9(8)7-10/h3-4,8-10,13-14H,2,5-7H2,1H3. The lowest BCUT2D eigenvalue weighted by Crippen LogP contribution is -2.09. The van der Waals surface area contributed by atoms with Crippen LogP contribution in [0.25, 0.3) is 0 Å². The lowest BCUT2D eigenvalue weighted by molar-refractivity contribution is 0.108. The molecule has 0 bridgehead atoms. The zero-order valence-electron chi connectivity index (χ0n) is 9.15. The molecule has 2 aliphatic rings. The second kappa shape index (κ2) is 3.60. The zero-order valence-corrected chi connectivity index (χ0v) is 9.96. The van der Waals surface area contributed by atoms with E-state index in [2.05, 4.69) is 19.1 Å². The fourth-order valence-electron chi connectivity index (χ4n) is 3.00. The molecule has 1 heterocycles. The molecular formula is C13H18OS. The monoisotopic (exact) mass is 222 g/mol. The molecule has 3 atom stereocenters. The first kappa shape index (κ1) is 9.86. The minimum Gasteiger partial charge on any atom is -0.387 e. The second-order valence-electron chi connectivity index (χ2n) is 5.09. The molecule has 0 aliphatic heterocycles. The van der Waals surface area contributed by atoms with Crippen molar-refractivity contribution in [3.63, 3.8) is 0 Å². The Labute approximate surface area is 95.1 Å². The molecule has 0 saturated heterocycles. The van der Waals surface area contributed by atoms with E-state index in [0.29, 0.717) is 5.92 Å². The van der Waals surface area contributed by atoms with Gasteiger partial charge in [0.2, 0.25) is 0 Å². The maximum atomic E-state index is 10.3. The van der Waals surface area contributed by atoms with Crippen molar-refractivity contribution in [2.45, 2.75) is 38.7 Å². The maximum Gasteiger partial charge on any atom is 0.0910 e. The molecule has 2 aliphatic carbocycles. The van der Waals surface area contributed by atoms with E-state index >= 15 is 0 Å². The summed E-state index contributed by atoms with van der Waals surface area (Å²) in [5.74, 6) is 2.49. The van der Waals surface area contributed by atoms with Crippen molar-refractivity contribution in [2.75, 3.05) is 0 Å². The summed E-state index contributed by atoms with van der Waals surface area (Å²) in [5, 5.41) is 10.3. The van der Waals surface area contributed by atoms with Crippen molar-refractivity contribution in [3.8, 4) is 0 Å². The Kier molecular flexibility index (Phi) is 2.37. The Morgan fingerprint density at radius 3 is 2.67 bits per heavy atom. The Balaban J connectivity index is 1.70. The minimum absolute atomic E-state index is 0.178. The molecule has 0 spiro atoms. The van der Waals surface area contributed by atoms with Crippen LogP contribution in [0.5, 0.6) is 0 Å². The van der Waals surface area contributed by atoms with Gasteiger partial charge in [-0.3, -0.25) is 0 Å². The summed E-state index contributed by atoms with van der Waals surface area (Å²) < 4.78 is 0. The van der Waals surface area contributed by atoms with E-state index in [1.807, 2.05) is 0 Å². The van der Waals surface area contributed by atoms with Crippen molar-refractivity contribution in [1.29, 1.82) is 0 Å². The van der Waals surface area contributed by atoms with Crippen molar-refractivity contribution in [1.82, 2.24) is 0 Å². The SMILES string of the molecule is CCc1ccc(C(O)C2CC3CC3C2)s1. The third-order valence-corrected chi connectivity index (χ3v) is 5.35. The van der Waals surface area contributed by atoms with Crippen molar-refractivity contribution < 1.29 is 5.11 Å². The van der Waals surface area contributed by atoms with Crippen LogP contribution in [-0.2, 0) is 6.42 Å². The first-order valence-electron chi connectivity index (χ1n) is 6.04. The molecule has 3 rings (SSSR count). The molecule has 1 aromatic rings. The van der Waals surface area contributed by atoms with Gasteiger partial charge in [-0.1, -0.05) is 6.92 Å². The fraction of sp³-hybridized carbons (Fsp3) is 0.692. The van der Waals surface area contributed by atoms with E-state index < -0.39 is 0 Å². The maximum absolute atomic E-state index is 10.3. The molecule has 1 nitrogen and oxygen atoms in total. The van der Waals surface area contributed by atoms with Crippen LogP contribution in [0.15, 0.2) is 12.1 Å². The predicted octanol–water partition coefficient (Wildman–Crippen LogP) is 3.39. The Morgan fingerprint density at radius 1 is 1.33 bits per heavy atom. The van der Waals surface area contributed by atoms with Crippen molar-refractivity contribution in [2.24, 2.45) is 17.8 Å². The normalized spacial score (nSPS) is 35.2. The number of aliphatic hydroxyl groups excluding tert-OH is 1. The predicted molar refractivity (Wildman–Crippen MR) is 63.0 cm³/mol. The lowest BCUT2D eigenvalue weighted by Gasteiger charge is -2.17. The van der Waals surface area contributed by atoms with Crippen molar-refractivity contribution in [3.05, 3.63) is 21.9 Å². The highest BCUT2D eigenvalue weighted by atomic mass is 32.1. The number of hydrogen-bond donors (Lipinski definition) is 1. The average Bonchev–Trinajstić information content (AvgIpc) is 2.73. The van der Waals surface area contributed by atoms with Gasteiger partial charge in [-0.25, -0.2) is 0 Å². The van der Waals surface area contributed by atoms with Gasteiger partial charge in [0.25, 0.3) is 0 Å². The highest BCUT2D eigenvalue weighted by molar-refractivity contribution is 7.12. The molecule has 2 saturated carbocycles. The molecule has 2 heteroatoms. The van der Waals surface area contributed by atoms with Crippen LogP contribution in [0.1, 0.15) is 42.0 Å². The molecule has 0 amide bonds. The van der Waals surface area contributed by atoms with Crippen LogP contribution >= 0.6 is 11.3 Å². The van der Waals surface area contributed by atoms with Crippen molar-refractivity contribution >= 4 is 11.3 Å². The molecule has 0 aromatic carbocycles. The minimum atomic E-state index is -0.178. The van der Waals surface area contributed by atoms with Crippen LogP contribution in [-0.4, -0.2) is 5.11 Å². The van der Waals surface area contributed by atoms with Gasteiger partial charge in [-0.05, 0) is 55.6 Å². The second-order valence-corrected chi connectivity index (χ2v) is 6.29. The van der Waals surface area contributed by atoms with Gasteiger partial charge in [0.15, 0.2) is 0 Å². The third kappa shape index (κ3) is 1.74. The van der Waals surface area contributed by atoms with Gasteiger partial charge in [0.05, 0.1) is 6.10 Å². The average molecular weight is 222 g/mol. The zero-order chi connectivity index (χ0) is 10.4. The van der Waals surface area contributed by atoms with E-state index in [-0.39, 0.29) is 6.10 Å². The Hall–Kier alpha value is -0.340. The molecular weight excluding hydrogens is 204 g/mol. The Morgan fingerprint density at radius 2 is 2.07 bits per heavy atom. The summed E-state index contributed by atoms with van der Waals surface area (Å²) >= 11 is 1.79. The van der Waals surface area contributed by atoms with Gasteiger partial charge in [-0.15, -0.1) is 11.3 Å². The van der Waals surface area contributed by atoms with E-state index in [1.54, 1.807) is 11.3 Å². The summed E-state index contributed by atoms with van der Waals surface area (Å²) in [5.41, 5.74) is 0. The number of hydrogen-bond acceptors (Lipinski definition) is 2. The van der Waals surface area contributed by atoms with E-state index in [4.69, 9.17) is 0 Å². The molecule has 0 radical (unpaired) electrons. The van der Waals surface area contributed by atoms with Gasteiger partial charge in [0, 0.05) is 9.75 Å². The molecule has 1 aromatic heterocycles. The topological polar surface area (TPSA) is 20.2 Å². The highest BCUT2D eigenvalue weighted by Crippen LogP contribution is 2.57. The summed E-state index contributed by atoms with van der Waals surface area (Å²) in [7, 11) is 0. The van der Waals surface area contributed by atoms with Crippen LogP contribution in [0.4, 0.5) is 0 Å². The smallest absolute Gasteiger partial charge is 0.0910 e. The molecule has 2 fully saturated rings. The summed E-state index contributed by atoms with van der Waals surface area (Å²) in [6, 6.07) is 4.29. The molecule has 1 N–H and O–H groups in total. The van der Waals surface area contributed by atoms with Gasteiger partial charge in [-0.2, -0.15) is 0 Å². The van der Waals surface area contributed by atoms with Crippen LogP contribution in [0, 0.1) is 17.8 Å². The third-order valence-electron chi connectivity index (χ3n) is 4.05. The number of aryl methyl sites for hydroxylation is 1. The summed E-state index contributed by atoms with van der Waals surface area (Å²) in [4.78, 5) is 2.59. The first-order valence-corrected chi connectivity index (χ1v) is 6.86. The van der Waals surface area contributed by atoms with Gasteiger partial charge >= 0.3 is 0 Å². The van der Waals surface area contributed by atoms with E-state index in [9.17, 15) is 5.11 Å². The van der Waals surface area contributed by atoms with Crippen LogP contribution in [0.2, 0.25) is 0 Å². The summed E-state index contributed by atoms with van der Waals surface area (Å²) in [6.45, 7) is 2.17. The van der Waals surface area contributed by atoms with Crippen LogP contribution < -0.4 is 0 Å². The quantitative estimate of drug-likeness (QED) is 0.831. The number of thiophene rings is 1.